The second-order valence-electron chi connectivity index (χ2n) is 3.78. The molecule has 0 aliphatic carbocycles. The molecule has 0 aromatic rings. The molecular weight excluding hydrogens is 168 g/mol. The fourth-order valence-corrected chi connectivity index (χ4v) is 2.50. The predicted octanol–water partition coefficient (Wildman–Crippen LogP) is -0.275. The van der Waals surface area contributed by atoms with Gasteiger partial charge in [0.2, 0.25) is 5.91 Å². The van der Waals surface area contributed by atoms with Crippen molar-refractivity contribution >= 4 is 5.91 Å². The van der Waals surface area contributed by atoms with E-state index >= 15 is 0 Å². The smallest absolute Gasteiger partial charge is 0.242 e. The maximum Gasteiger partial charge on any atom is 0.242 e. The molecule has 1 amide bonds. The van der Waals surface area contributed by atoms with Crippen molar-refractivity contribution in [1.82, 2.24) is 4.90 Å². The predicted molar refractivity (Wildman–Crippen MR) is 48.1 cm³/mol. The molecule has 0 radical (unpaired) electrons. The molecule has 0 aromatic carbocycles. The fraction of sp³-hybridized carbons (Fsp3) is 0.889. The molecule has 2 aliphatic heterocycles. The first-order valence-electron chi connectivity index (χ1n) is 4.87. The number of likely N-dealkylation sites (tertiary alicyclic amines) is 1. The van der Waals surface area contributed by atoms with Gasteiger partial charge in [0.05, 0.1) is 5.54 Å². The van der Waals surface area contributed by atoms with Gasteiger partial charge < -0.3 is 15.4 Å². The van der Waals surface area contributed by atoms with Crippen LogP contribution in [0.1, 0.15) is 19.8 Å². The second kappa shape index (κ2) is 2.96. The SMILES string of the molecule is CCN1C(=O)[C@@H](N)C12CCOCC2. The van der Waals surface area contributed by atoms with Crippen molar-refractivity contribution < 1.29 is 9.53 Å². The lowest BCUT2D eigenvalue weighted by atomic mass is 9.73. The van der Waals surface area contributed by atoms with E-state index in [2.05, 4.69) is 0 Å². The maximum atomic E-state index is 11.4. The number of ether oxygens (including phenoxy) is 1. The number of carbonyl (C=O) groups excluding carboxylic acids is 1. The number of amides is 1. The van der Waals surface area contributed by atoms with Crippen LogP contribution < -0.4 is 5.73 Å². The van der Waals surface area contributed by atoms with Crippen LogP contribution in [0.3, 0.4) is 0 Å². The summed E-state index contributed by atoms with van der Waals surface area (Å²) >= 11 is 0. The molecule has 74 valence electrons. The number of β-lactam (4-membered cyclic amide) rings is 1. The summed E-state index contributed by atoms with van der Waals surface area (Å²) < 4.78 is 5.28. The van der Waals surface area contributed by atoms with Gasteiger partial charge >= 0.3 is 0 Å². The minimum atomic E-state index is -0.281. The van der Waals surface area contributed by atoms with Crippen molar-refractivity contribution in [2.45, 2.75) is 31.3 Å². The van der Waals surface area contributed by atoms with Crippen molar-refractivity contribution in [3.63, 3.8) is 0 Å². The van der Waals surface area contributed by atoms with E-state index < -0.39 is 0 Å². The van der Waals surface area contributed by atoms with Crippen molar-refractivity contribution in [2.75, 3.05) is 19.8 Å². The highest BCUT2D eigenvalue weighted by Crippen LogP contribution is 2.38. The number of nitrogens with zero attached hydrogens (tertiary/aromatic N) is 1. The van der Waals surface area contributed by atoms with Crippen LogP contribution >= 0.6 is 0 Å². The molecule has 4 heteroatoms. The largest absolute Gasteiger partial charge is 0.381 e. The Bertz CT molecular complexity index is 224. The summed E-state index contributed by atoms with van der Waals surface area (Å²) in [6.45, 7) is 4.24. The first kappa shape index (κ1) is 8.97. The molecule has 13 heavy (non-hydrogen) atoms. The van der Waals surface area contributed by atoms with Crippen LogP contribution in [-0.2, 0) is 9.53 Å². The summed E-state index contributed by atoms with van der Waals surface area (Å²) in [6, 6.07) is -0.281. The molecule has 2 aliphatic rings. The highest BCUT2D eigenvalue weighted by atomic mass is 16.5. The zero-order chi connectivity index (χ0) is 9.47. The standard InChI is InChI=1S/C9H16N2O2/c1-2-11-8(12)7(10)9(11)3-5-13-6-4-9/h7H,2-6,10H2,1H3/t7-/m1/s1. The molecule has 0 unspecified atom stereocenters. The van der Waals surface area contributed by atoms with E-state index in [0.717, 1.165) is 32.6 Å². The number of likely N-dealkylation sites (N-methyl/N-ethyl adjacent to an activating group) is 1. The normalized spacial score (nSPS) is 32.0. The third kappa shape index (κ3) is 1.02. The van der Waals surface area contributed by atoms with Crippen LogP contribution in [0, 0.1) is 0 Å². The molecule has 2 heterocycles. The van der Waals surface area contributed by atoms with Crippen LogP contribution in [0.5, 0.6) is 0 Å². The number of nitrogens with two attached hydrogens (primary N) is 1. The monoisotopic (exact) mass is 184 g/mol. The average molecular weight is 184 g/mol. The van der Waals surface area contributed by atoms with Gasteiger partial charge in [-0.25, -0.2) is 0 Å². The Morgan fingerprint density at radius 1 is 1.62 bits per heavy atom. The van der Waals surface area contributed by atoms with Crippen LogP contribution in [0.2, 0.25) is 0 Å². The number of rotatable bonds is 1. The Labute approximate surface area is 78.0 Å². The first-order chi connectivity index (χ1) is 6.22. The first-order valence-corrected chi connectivity index (χ1v) is 4.87. The number of hydrogen-bond acceptors (Lipinski definition) is 3. The Morgan fingerprint density at radius 3 is 2.77 bits per heavy atom. The third-order valence-electron chi connectivity index (χ3n) is 3.32. The summed E-state index contributed by atoms with van der Waals surface area (Å²) in [5, 5.41) is 0. The Kier molecular flexibility index (Phi) is 2.04. The molecule has 2 rings (SSSR count). The molecule has 1 spiro atoms. The van der Waals surface area contributed by atoms with E-state index in [-0.39, 0.29) is 17.5 Å². The molecule has 0 bridgehead atoms. The summed E-state index contributed by atoms with van der Waals surface area (Å²) in [6.07, 6.45) is 1.79. The lowest BCUT2D eigenvalue weighted by Crippen LogP contribution is -2.78. The van der Waals surface area contributed by atoms with Crippen LogP contribution in [0.25, 0.3) is 0 Å². The quantitative estimate of drug-likeness (QED) is 0.570. The van der Waals surface area contributed by atoms with E-state index in [4.69, 9.17) is 10.5 Å². The average Bonchev–Trinajstić information content (AvgIpc) is 2.19. The lowest BCUT2D eigenvalue weighted by molar-refractivity contribution is -0.170. The van der Waals surface area contributed by atoms with E-state index in [9.17, 15) is 4.79 Å². The lowest BCUT2D eigenvalue weighted by Gasteiger charge is -2.57. The van der Waals surface area contributed by atoms with Crippen molar-refractivity contribution in [3.05, 3.63) is 0 Å². The van der Waals surface area contributed by atoms with Crippen LogP contribution in [-0.4, -0.2) is 42.1 Å². The highest BCUT2D eigenvalue weighted by molar-refractivity contribution is 5.91. The van der Waals surface area contributed by atoms with Gasteiger partial charge in [-0.3, -0.25) is 4.79 Å². The summed E-state index contributed by atoms with van der Waals surface area (Å²) in [5.41, 5.74) is 5.79. The Hall–Kier alpha value is -0.610. The van der Waals surface area contributed by atoms with Gasteiger partial charge in [0.1, 0.15) is 6.04 Å². The van der Waals surface area contributed by atoms with Crippen molar-refractivity contribution in [1.29, 1.82) is 0 Å². The van der Waals surface area contributed by atoms with Crippen molar-refractivity contribution in [2.24, 2.45) is 5.73 Å². The summed E-state index contributed by atoms with van der Waals surface area (Å²) in [5.74, 6) is 0.101. The van der Waals surface area contributed by atoms with Crippen LogP contribution in [0.4, 0.5) is 0 Å². The fourth-order valence-electron chi connectivity index (χ4n) is 2.50. The molecule has 1 atom stereocenters. The molecule has 2 fully saturated rings. The molecule has 2 saturated heterocycles. The van der Waals surface area contributed by atoms with Gasteiger partial charge in [-0.15, -0.1) is 0 Å². The van der Waals surface area contributed by atoms with Gasteiger partial charge in [0.25, 0.3) is 0 Å². The van der Waals surface area contributed by atoms with E-state index in [1.54, 1.807) is 0 Å². The number of carbonyl (C=O) groups is 1. The van der Waals surface area contributed by atoms with Crippen molar-refractivity contribution in [3.8, 4) is 0 Å². The van der Waals surface area contributed by atoms with Gasteiger partial charge in [-0.2, -0.15) is 0 Å². The maximum absolute atomic E-state index is 11.4. The van der Waals surface area contributed by atoms with E-state index in [1.165, 1.54) is 0 Å². The minimum Gasteiger partial charge on any atom is -0.381 e. The van der Waals surface area contributed by atoms with Crippen LogP contribution in [0.15, 0.2) is 0 Å². The molecule has 4 nitrogen and oxygen atoms in total. The van der Waals surface area contributed by atoms with E-state index in [0.29, 0.717) is 0 Å². The Morgan fingerprint density at radius 2 is 2.23 bits per heavy atom. The van der Waals surface area contributed by atoms with Gasteiger partial charge in [0.15, 0.2) is 0 Å². The van der Waals surface area contributed by atoms with Gasteiger partial charge in [-0.1, -0.05) is 0 Å². The minimum absolute atomic E-state index is 0.0654. The molecule has 0 aromatic heterocycles. The van der Waals surface area contributed by atoms with Gasteiger partial charge in [0, 0.05) is 19.8 Å². The third-order valence-corrected chi connectivity index (χ3v) is 3.32. The topological polar surface area (TPSA) is 55.6 Å². The highest BCUT2D eigenvalue weighted by Gasteiger charge is 2.57. The van der Waals surface area contributed by atoms with Gasteiger partial charge in [-0.05, 0) is 19.8 Å². The molecule has 0 saturated carbocycles. The Balaban J connectivity index is 2.15. The zero-order valence-electron chi connectivity index (χ0n) is 7.95. The molecule has 2 N–H and O–H groups in total. The second-order valence-corrected chi connectivity index (χ2v) is 3.78. The van der Waals surface area contributed by atoms with E-state index in [1.807, 2.05) is 11.8 Å². The summed E-state index contributed by atoms with van der Waals surface area (Å²) in [7, 11) is 0. The summed E-state index contributed by atoms with van der Waals surface area (Å²) in [4.78, 5) is 13.3. The molecular formula is C9H16N2O2. The number of hydrogen-bond donors (Lipinski definition) is 1. The zero-order valence-corrected chi connectivity index (χ0v) is 7.95.